The first-order valence-electron chi connectivity index (χ1n) is 11.7. The van der Waals surface area contributed by atoms with Crippen molar-refractivity contribution >= 4 is 38.9 Å². The number of carbonyl (C=O) groups is 1. The number of rotatable bonds is 9. The molecule has 0 aliphatic carbocycles. The molecule has 3 aromatic rings. The molecule has 35 heavy (non-hydrogen) atoms. The van der Waals surface area contributed by atoms with Crippen molar-refractivity contribution in [2.75, 3.05) is 35.4 Å². The lowest BCUT2D eigenvalue weighted by Crippen LogP contribution is -2.41. The molecule has 4 rings (SSSR count). The van der Waals surface area contributed by atoms with Crippen LogP contribution in [0.2, 0.25) is 5.02 Å². The average molecular weight is 512 g/mol. The zero-order chi connectivity index (χ0) is 25.0. The van der Waals surface area contributed by atoms with E-state index < -0.39 is 10.0 Å². The van der Waals surface area contributed by atoms with Crippen molar-refractivity contribution in [2.45, 2.75) is 31.6 Å². The van der Waals surface area contributed by atoms with Crippen LogP contribution in [0, 0.1) is 13.8 Å². The van der Waals surface area contributed by atoms with Gasteiger partial charge >= 0.3 is 0 Å². The average Bonchev–Trinajstić information content (AvgIpc) is 3.25. The maximum atomic E-state index is 13.6. The molecule has 0 aromatic heterocycles. The second-order valence-corrected chi connectivity index (χ2v) is 11.0. The summed E-state index contributed by atoms with van der Waals surface area (Å²) in [5.74, 6) is -0.359. The molecule has 8 heteroatoms. The molecule has 0 spiro atoms. The van der Waals surface area contributed by atoms with Crippen LogP contribution in [0.1, 0.15) is 23.1 Å². The van der Waals surface area contributed by atoms with Gasteiger partial charge in [-0.3, -0.25) is 9.10 Å². The van der Waals surface area contributed by atoms with Crippen LogP contribution in [-0.4, -0.2) is 40.5 Å². The van der Waals surface area contributed by atoms with E-state index in [0.29, 0.717) is 22.8 Å². The molecule has 1 aliphatic heterocycles. The smallest absolute Gasteiger partial charge is 0.264 e. The van der Waals surface area contributed by atoms with E-state index in [1.807, 2.05) is 13.0 Å². The number of anilines is 2. The van der Waals surface area contributed by atoms with Crippen LogP contribution in [0.5, 0.6) is 0 Å². The van der Waals surface area contributed by atoms with E-state index in [1.54, 1.807) is 49.4 Å². The fraction of sp³-hybridized carbons (Fsp3) is 0.296. The Balaban J connectivity index is 1.44. The predicted molar refractivity (Wildman–Crippen MR) is 142 cm³/mol. The maximum absolute atomic E-state index is 13.6. The summed E-state index contributed by atoms with van der Waals surface area (Å²) in [5.41, 5.74) is 4.55. The Morgan fingerprint density at radius 1 is 1.03 bits per heavy atom. The number of hydrogen-bond acceptors (Lipinski definition) is 4. The lowest BCUT2D eigenvalue weighted by molar-refractivity contribution is -0.119. The number of halogens is 1. The number of hydrogen-bond donors (Lipinski definition) is 1. The minimum atomic E-state index is -3.98. The Morgan fingerprint density at radius 3 is 2.54 bits per heavy atom. The number of para-hydroxylation sites is 1. The molecule has 0 saturated heterocycles. The van der Waals surface area contributed by atoms with E-state index in [0.717, 1.165) is 35.8 Å². The van der Waals surface area contributed by atoms with Crippen LogP contribution in [-0.2, 0) is 21.2 Å². The number of aryl methyl sites for hydroxylation is 1. The summed E-state index contributed by atoms with van der Waals surface area (Å²) in [4.78, 5) is 15.3. The van der Waals surface area contributed by atoms with Gasteiger partial charge in [-0.05, 0) is 68.1 Å². The fourth-order valence-corrected chi connectivity index (χ4v) is 5.97. The normalized spacial score (nSPS) is 12.9. The first-order chi connectivity index (χ1) is 16.8. The van der Waals surface area contributed by atoms with Crippen molar-refractivity contribution in [2.24, 2.45) is 0 Å². The van der Waals surface area contributed by atoms with E-state index in [1.165, 1.54) is 11.3 Å². The number of nitrogens with zero attached hydrogens (tertiary/aromatic N) is 2. The standard InChI is InChI=1S/C27H30ClN3O3S/c1-20-11-13-23(14-12-20)35(33,34)31(25-10-5-8-24(28)21(25)2)19-27(32)29-16-6-17-30-18-15-22-7-3-4-9-26(22)30/h3-5,7-14H,6,15-19H2,1-2H3,(H,29,32). The maximum Gasteiger partial charge on any atom is 0.264 e. The SMILES string of the molecule is Cc1ccc(S(=O)(=O)N(CC(=O)NCCCN2CCc3ccccc32)c2cccc(Cl)c2C)cc1. The highest BCUT2D eigenvalue weighted by molar-refractivity contribution is 7.92. The summed E-state index contributed by atoms with van der Waals surface area (Å²) < 4.78 is 28.3. The fourth-order valence-electron chi connectivity index (χ4n) is 4.33. The molecule has 6 nitrogen and oxygen atoms in total. The molecule has 0 atom stereocenters. The van der Waals surface area contributed by atoms with E-state index in [9.17, 15) is 13.2 Å². The van der Waals surface area contributed by atoms with Gasteiger partial charge < -0.3 is 10.2 Å². The van der Waals surface area contributed by atoms with Gasteiger partial charge in [-0.25, -0.2) is 8.42 Å². The zero-order valence-corrected chi connectivity index (χ0v) is 21.6. The minimum Gasteiger partial charge on any atom is -0.371 e. The Labute approximate surface area is 212 Å². The number of sulfonamides is 1. The van der Waals surface area contributed by atoms with Crippen molar-refractivity contribution in [3.63, 3.8) is 0 Å². The Kier molecular flexibility index (Phi) is 7.67. The predicted octanol–water partition coefficient (Wildman–Crippen LogP) is 4.72. The molecule has 184 valence electrons. The molecule has 1 N–H and O–H groups in total. The largest absolute Gasteiger partial charge is 0.371 e. The lowest BCUT2D eigenvalue weighted by Gasteiger charge is -2.26. The number of nitrogens with one attached hydrogen (secondary N) is 1. The van der Waals surface area contributed by atoms with Gasteiger partial charge in [0.2, 0.25) is 5.91 Å². The van der Waals surface area contributed by atoms with Crippen molar-refractivity contribution in [3.8, 4) is 0 Å². The third-order valence-corrected chi connectivity index (χ3v) is 8.50. The Morgan fingerprint density at radius 2 is 1.77 bits per heavy atom. The molecule has 0 unspecified atom stereocenters. The van der Waals surface area contributed by atoms with Gasteiger partial charge in [0.25, 0.3) is 10.0 Å². The molecule has 0 bridgehead atoms. The van der Waals surface area contributed by atoms with Crippen molar-refractivity contribution in [1.82, 2.24) is 5.32 Å². The number of carbonyl (C=O) groups excluding carboxylic acids is 1. The van der Waals surface area contributed by atoms with Crippen LogP contribution < -0.4 is 14.5 Å². The minimum absolute atomic E-state index is 0.128. The Hall–Kier alpha value is -3.03. The second-order valence-electron chi connectivity index (χ2n) is 8.78. The highest BCUT2D eigenvalue weighted by Crippen LogP contribution is 2.31. The van der Waals surface area contributed by atoms with E-state index in [4.69, 9.17) is 11.6 Å². The summed E-state index contributed by atoms with van der Waals surface area (Å²) in [6, 6.07) is 20.0. The molecule has 0 saturated carbocycles. The first kappa shape index (κ1) is 25.1. The van der Waals surface area contributed by atoms with E-state index in [2.05, 4.69) is 28.4 Å². The molecule has 0 fully saturated rings. The Bertz CT molecular complexity index is 1310. The summed E-state index contributed by atoms with van der Waals surface area (Å²) in [6.45, 7) is 5.58. The summed E-state index contributed by atoms with van der Waals surface area (Å²) in [7, 11) is -3.98. The van der Waals surface area contributed by atoms with Crippen molar-refractivity contribution < 1.29 is 13.2 Å². The van der Waals surface area contributed by atoms with Crippen LogP contribution in [0.25, 0.3) is 0 Å². The monoisotopic (exact) mass is 511 g/mol. The molecule has 0 radical (unpaired) electrons. The highest BCUT2D eigenvalue weighted by Gasteiger charge is 2.28. The van der Waals surface area contributed by atoms with Crippen molar-refractivity contribution in [3.05, 3.63) is 88.4 Å². The number of benzene rings is 3. The number of fused-ring (bicyclic) bond motifs is 1. The molecule has 1 aliphatic rings. The van der Waals surface area contributed by atoms with E-state index in [-0.39, 0.29) is 17.3 Å². The van der Waals surface area contributed by atoms with Gasteiger partial charge in [-0.1, -0.05) is 53.6 Å². The molecule has 1 amide bonds. The van der Waals surface area contributed by atoms with Crippen LogP contribution in [0.4, 0.5) is 11.4 Å². The summed E-state index contributed by atoms with van der Waals surface area (Å²) in [5, 5.41) is 3.34. The molecular formula is C27H30ClN3O3S. The van der Waals surface area contributed by atoms with Gasteiger partial charge in [0.05, 0.1) is 10.6 Å². The topological polar surface area (TPSA) is 69.7 Å². The van der Waals surface area contributed by atoms with E-state index >= 15 is 0 Å². The third-order valence-electron chi connectivity index (χ3n) is 6.31. The number of amides is 1. The molecular weight excluding hydrogens is 482 g/mol. The lowest BCUT2D eigenvalue weighted by atomic mass is 10.2. The van der Waals surface area contributed by atoms with Crippen LogP contribution in [0.3, 0.4) is 0 Å². The van der Waals surface area contributed by atoms with Gasteiger partial charge in [0.15, 0.2) is 0 Å². The van der Waals surface area contributed by atoms with Crippen LogP contribution in [0.15, 0.2) is 71.6 Å². The van der Waals surface area contributed by atoms with Gasteiger partial charge in [0, 0.05) is 30.3 Å². The van der Waals surface area contributed by atoms with Crippen LogP contribution >= 0.6 is 11.6 Å². The summed E-state index contributed by atoms with van der Waals surface area (Å²) >= 11 is 6.29. The zero-order valence-electron chi connectivity index (χ0n) is 20.0. The van der Waals surface area contributed by atoms with Gasteiger partial charge in [-0.2, -0.15) is 0 Å². The molecule has 1 heterocycles. The quantitative estimate of drug-likeness (QED) is 0.422. The van der Waals surface area contributed by atoms with Crippen molar-refractivity contribution in [1.29, 1.82) is 0 Å². The molecule has 3 aromatic carbocycles. The van der Waals surface area contributed by atoms with Gasteiger partial charge in [-0.15, -0.1) is 0 Å². The summed E-state index contributed by atoms with van der Waals surface area (Å²) in [6.07, 6.45) is 1.80. The third kappa shape index (κ3) is 5.63. The first-order valence-corrected chi connectivity index (χ1v) is 13.5. The van der Waals surface area contributed by atoms with Gasteiger partial charge in [0.1, 0.15) is 6.54 Å². The highest BCUT2D eigenvalue weighted by atomic mass is 35.5. The second kappa shape index (κ2) is 10.7.